The predicted octanol–water partition coefficient (Wildman–Crippen LogP) is 3.57. The minimum Gasteiger partial charge on any atom is -0.392 e. The first-order chi connectivity index (χ1) is 8.24. The summed E-state index contributed by atoms with van der Waals surface area (Å²) in [6.07, 6.45) is 3.90. The molecule has 94 valence electrons. The number of halogens is 1. The predicted molar refractivity (Wildman–Crippen MR) is 75.3 cm³/mol. The van der Waals surface area contributed by atoms with Gasteiger partial charge in [-0.1, -0.05) is 19.4 Å². The second kappa shape index (κ2) is 5.87. The van der Waals surface area contributed by atoms with Crippen LogP contribution in [-0.2, 0) is 6.61 Å². The molecule has 1 N–H and O–H groups in total. The molecular formula is C14H20BrNO. The molecule has 0 bridgehead atoms. The molecule has 1 aromatic rings. The van der Waals surface area contributed by atoms with E-state index in [0.29, 0.717) is 0 Å². The molecule has 2 rings (SSSR count). The number of rotatable bonds is 3. The van der Waals surface area contributed by atoms with Crippen LogP contribution in [0.2, 0.25) is 0 Å². The van der Waals surface area contributed by atoms with Gasteiger partial charge in [-0.2, -0.15) is 0 Å². The van der Waals surface area contributed by atoms with Gasteiger partial charge in [0, 0.05) is 17.6 Å². The van der Waals surface area contributed by atoms with E-state index < -0.39 is 0 Å². The standard InChI is InChI=1S/C14H20BrNO/c1-2-11-5-7-16(8-6-11)14-4-3-12(10-17)9-13(14)15/h3-4,9,11,17H,2,5-8,10H2,1H3. The Kier molecular flexibility index (Phi) is 4.46. The van der Waals surface area contributed by atoms with Gasteiger partial charge < -0.3 is 10.0 Å². The lowest BCUT2D eigenvalue weighted by Crippen LogP contribution is -2.33. The summed E-state index contributed by atoms with van der Waals surface area (Å²) < 4.78 is 1.10. The van der Waals surface area contributed by atoms with Crippen LogP contribution >= 0.6 is 15.9 Å². The Bertz CT molecular complexity index is 372. The first kappa shape index (κ1) is 12.9. The highest BCUT2D eigenvalue weighted by atomic mass is 79.9. The van der Waals surface area contributed by atoms with Crippen LogP contribution in [0.5, 0.6) is 0 Å². The number of piperidine rings is 1. The first-order valence-corrected chi connectivity index (χ1v) is 7.18. The number of anilines is 1. The maximum Gasteiger partial charge on any atom is 0.0682 e. The zero-order valence-corrected chi connectivity index (χ0v) is 11.9. The molecule has 0 aromatic heterocycles. The van der Waals surface area contributed by atoms with Crippen LogP contribution in [0.3, 0.4) is 0 Å². The summed E-state index contributed by atoms with van der Waals surface area (Å²) in [6.45, 7) is 4.69. The van der Waals surface area contributed by atoms with Crippen LogP contribution < -0.4 is 4.90 Å². The topological polar surface area (TPSA) is 23.5 Å². The first-order valence-electron chi connectivity index (χ1n) is 6.38. The Morgan fingerprint density at radius 1 is 1.35 bits per heavy atom. The van der Waals surface area contributed by atoms with Crippen LogP contribution in [0.15, 0.2) is 22.7 Å². The second-order valence-electron chi connectivity index (χ2n) is 4.78. The Hall–Kier alpha value is -0.540. The molecule has 17 heavy (non-hydrogen) atoms. The largest absolute Gasteiger partial charge is 0.392 e. The van der Waals surface area contributed by atoms with Gasteiger partial charge in [-0.3, -0.25) is 0 Å². The third-order valence-electron chi connectivity index (χ3n) is 3.73. The van der Waals surface area contributed by atoms with Crippen molar-refractivity contribution in [1.29, 1.82) is 0 Å². The average molecular weight is 298 g/mol. The van der Waals surface area contributed by atoms with Crippen molar-refractivity contribution in [3.05, 3.63) is 28.2 Å². The minimum atomic E-state index is 0.108. The summed E-state index contributed by atoms with van der Waals surface area (Å²) in [5.41, 5.74) is 2.22. The van der Waals surface area contributed by atoms with E-state index in [9.17, 15) is 0 Å². The van der Waals surface area contributed by atoms with Gasteiger partial charge in [0.1, 0.15) is 0 Å². The number of hydrogen-bond acceptors (Lipinski definition) is 2. The van der Waals surface area contributed by atoms with Gasteiger partial charge in [-0.25, -0.2) is 0 Å². The van der Waals surface area contributed by atoms with Crippen LogP contribution in [-0.4, -0.2) is 18.2 Å². The molecule has 1 aliphatic heterocycles. The fourth-order valence-electron chi connectivity index (χ4n) is 2.49. The van der Waals surface area contributed by atoms with Gasteiger partial charge in [0.2, 0.25) is 0 Å². The van der Waals surface area contributed by atoms with E-state index in [0.717, 1.165) is 29.0 Å². The van der Waals surface area contributed by atoms with Gasteiger partial charge in [0.25, 0.3) is 0 Å². The van der Waals surface area contributed by atoms with E-state index in [4.69, 9.17) is 5.11 Å². The summed E-state index contributed by atoms with van der Waals surface area (Å²) in [7, 11) is 0. The summed E-state index contributed by atoms with van der Waals surface area (Å²) in [4.78, 5) is 2.44. The fourth-order valence-corrected chi connectivity index (χ4v) is 3.16. The zero-order valence-electron chi connectivity index (χ0n) is 10.3. The Labute approximate surface area is 112 Å². The van der Waals surface area contributed by atoms with Gasteiger partial charge >= 0.3 is 0 Å². The van der Waals surface area contributed by atoms with Crippen LogP contribution in [0.4, 0.5) is 5.69 Å². The van der Waals surface area contributed by atoms with Crippen molar-refractivity contribution in [1.82, 2.24) is 0 Å². The molecule has 1 aliphatic rings. The number of aliphatic hydroxyl groups excluding tert-OH is 1. The number of aliphatic hydroxyl groups is 1. The minimum absolute atomic E-state index is 0.108. The quantitative estimate of drug-likeness (QED) is 0.922. The number of nitrogens with zero attached hydrogens (tertiary/aromatic N) is 1. The Morgan fingerprint density at radius 3 is 2.59 bits per heavy atom. The lowest BCUT2D eigenvalue weighted by Gasteiger charge is -2.34. The molecule has 3 heteroatoms. The van der Waals surface area contributed by atoms with Crippen molar-refractivity contribution >= 4 is 21.6 Å². The van der Waals surface area contributed by atoms with Gasteiger partial charge in [0.05, 0.1) is 12.3 Å². The van der Waals surface area contributed by atoms with E-state index in [1.54, 1.807) is 0 Å². The molecule has 0 saturated carbocycles. The van der Waals surface area contributed by atoms with E-state index >= 15 is 0 Å². The maximum atomic E-state index is 9.10. The van der Waals surface area contributed by atoms with Crippen LogP contribution in [0.25, 0.3) is 0 Å². The molecule has 0 amide bonds. The van der Waals surface area contributed by atoms with E-state index in [-0.39, 0.29) is 6.61 Å². The SMILES string of the molecule is CCC1CCN(c2ccc(CO)cc2Br)CC1. The van der Waals surface area contributed by atoms with Gasteiger partial charge in [-0.05, 0) is 52.4 Å². The normalized spacial score (nSPS) is 17.5. The monoisotopic (exact) mass is 297 g/mol. The van der Waals surface area contributed by atoms with Gasteiger partial charge in [0.15, 0.2) is 0 Å². The molecule has 1 saturated heterocycles. The molecule has 1 fully saturated rings. The Morgan fingerprint density at radius 2 is 2.06 bits per heavy atom. The number of hydrogen-bond donors (Lipinski definition) is 1. The highest BCUT2D eigenvalue weighted by Gasteiger charge is 2.19. The lowest BCUT2D eigenvalue weighted by atomic mass is 9.94. The van der Waals surface area contributed by atoms with Crippen molar-refractivity contribution in [2.24, 2.45) is 5.92 Å². The van der Waals surface area contributed by atoms with Crippen molar-refractivity contribution in [3.8, 4) is 0 Å². The maximum absolute atomic E-state index is 9.10. The molecule has 2 nitrogen and oxygen atoms in total. The van der Waals surface area contributed by atoms with Crippen molar-refractivity contribution in [2.45, 2.75) is 32.8 Å². The van der Waals surface area contributed by atoms with Crippen molar-refractivity contribution in [3.63, 3.8) is 0 Å². The van der Waals surface area contributed by atoms with E-state index in [1.165, 1.54) is 24.9 Å². The fraction of sp³-hybridized carbons (Fsp3) is 0.571. The van der Waals surface area contributed by atoms with Crippen LogP contribution in [0.1, 0.15) is 31.7 Å². The molecule has 0 spiro atoms. The summed E-state index contributed by atoms with van der Waals surface area (Å²) in [6, 6.07) is 6.13. The smallest absolute Gasteiger partial charge is 0.0682 e. The zero-order chi connectivity index (χ0) is 12.3. The summed E-state index contributed by atoms with van der Waals surface area (Å²) >= 11 is 3.60. The molecule has 0 atom stereocenters. The summed E-state index contributed by atoms with van der Waals surface area (Å²) in [5.74, 6) is 0.904. The lowest BCUT2D eigenvalue weighted by molar-refractivity contribution is 0.282. The Balaban J connectivity index is 2.08. The van der Waals surface area contributed by atoms with E-state index in [2.05, 4.69) is 33.8 Å². The third kappa shape index (κ3) is 3.02. The van der Waals surface area contributed by atoms with Crippen molar-refractivity contribution < 1.29 is 5.11 Å². The molecule has 0 aliphatic carbocycles. The van der Waals surface area contributed by atoms with Gasteiger partial charge in [-0.15, -0.1) is 0 Å². The molecule has 1 heterocycles. The molecule has 0 radical (unpaired) electrons. The highest BCUT2D eigenvalue weighted by molar-refractivity contribution is 9.10. The molecule has 1 aromatic carbocycles. The summed E-state index contributed by atoms with van der Waals surface area (Å²) in [5, 5.41) is 9.10. The average Bonchev–Trinajstić information content (AvgIpc) is 2.39. The molecular weight excluding hydrogens is 278 g/mol. The van der Waals surface area contributed by atoms with Crippen LogP contribution in [0, 0.1) is 5.92 Å². The van der Waals surface area contributed by atoms with E-state index in [1.807, 2.05) is 12.1 Å². The van der Waals surface area contributed by atoms with Crippen molar-refractivity contribution in [2.75, 3.05) is 18.0 Å². The highest BCUT2D eigenvalue weighted by Crippen LogP contribution is 2.31. The third-order valence-corrected chi connectivity index (χ3v) is 4.36. The second-order valence-corrected chi connectivity index (χ2v) is 5.64. The molecule has 0 unspecified atom stereocenters. The number of benzene rings is 1.